The quantitative estimate of drug-likeness (QED) is 0.510. The minimum absolute atomic E-state index is 0.00629. The second-order valence-corrected chi connectivity index (χ2v) is 8.35. The van der Waals surface area contributed by atoms with Gasteiger partial charge in [0.2, 0.25) is 0 Å². The summed E-state index contributed by atoms with van der Waals surface area (Å²) in [5.41, 5.74) is 0.423. The molecule has 6 nitrogen and oxygen atoms in total. The van der Waals surface area contributed by atoms with Crippen LogP contribution in [0.4, 0.5) is 0 Å². The van der Waals surface area contributed by atoms with E-state index in [1.165, 1.54) is 7.11 Å². The van der Waals surface area contributed by atoms with E-state index in [2.05, 4.69) is 10.3 Å². The number of hydrogen-bond acceptors (Lipinski definition) is 5. The van der Waals surface area contributed by atoms with Crippen LogP contribution >= 0.6 is 23.2 Å². The summed E-state index contributed by atoms with van der Waals surface area (Å²) in [6.45, 7) is 0.179. The predicted octanol–water partition coefficient (Wildman–Crippen LogP) is 4.66. The number of esters is 1. The average molecular weight is 451 g/mol. The van der Waals surface area contributed by atoms with Crippen LogP contribution in [0.1, 0.15) is 59.4 Å². The number of aromatic nitrogens is 1. The van der Waals surface area contributed by atoms with Crippen LogP contribution in [0.5, 0.6) is 0 Å². The molecule has 1 heterocycles. The molecule has 0 spiro atoms. The highest BCUT2D eigenvalue weighted by molar-refractivity contribution is 6.34. The van der Waals surface area contributed by atoms with Crippen molar-refractivity contribution in [1.29, 1.82) is 0 Å². The van der Waals surface area contributed by atoms with E-state index in [4.69, 9.17) is 27.9 Å². The minimum atomic E-state index is -0.886. The maximum absolute atomic E-state index is 12.8. The molecule has 8 heteroatoms. The second kappa shape index (κ2) is 9.77. The third-order valence-corrected chi connectivity index (χ3v) is 5.98. The smallest absolute Gasteiger partial charge is 0.358 e. The van der Waals surface area contributed by atoms with Crippen molar-refractivity contribution in [2.75, 3.05) is 13.7 Å². The first-order valence-electron chi connectivity index (χ1n) is 9.88. The van der Waals surface area contributed by atoms with Crippen molar-refractivity contribution < 1.29 is 19.4 Å². The maximum Gasteiger partial charge on any atom is 0.358 e. The monoisotopic (exact) mass is 450 g/mol. The zero-order valence-corrected chi connectivity index (χ0v) is 18.2. The molecule has 2 aromatic rings. The molecule has 160 valence electrons. The molecule has 1 aliphatic carbocycles. The average Bonchev–Trinajstić information content (AvgIpc) is 2.97. The highest BCUT2D eigenvalue weighted by atomic mass is 35.5. The van der Waals surface area contributed by atoms with Gasteiger partial charge in [0.1, 0.15) is 0 Å². The topological polar surface area (TPSA) is 88.5 Å². The predicted molar refractivity (Wildman–Crippen MR) is 116 cm³/mol. The van der Waals surface area contributed by atoms with Crippen molar-refractivity contribution in [2.24, 2.45) is 0 Å². The first kappa shape index (κ1) is 22.5. The van der Waals surface area contributed by atoms with Crippen LogP contribution in [0.3, 0.4) is 0 Å². The first-order chi connectivity index (χ1) is 14.3. The van der Waals surface area contributed by atoms with Gasteiger partial charge < -0.3 is 15.2 Å². The van der Waals surface area contributed by atoms with Crippen molar-refractivity contribution in [2.45, 2.75) is 44.1 Å². The van der Waals surface area contributed by atoms with Crippen LogP contribution in [0.15, 0.2) is 30.3 Å². The Labute approximate surface area is 185 Å². The van der Waals surface area contributed by atoms with Gasteiger partial charge >= 0.3 is 5.97 Å². The lowest BCUT2D eigenvalue weighted by Gasteiger charge is -2.26. The Morgan fingerprint density at radius 3 is 2.43 bits per heavy atom. The molecular formula is C22H24Cl2N2O4. The van der Waals surface area contributed by atoms with Crippen LogP contribution in [-0.2, 0) is 4.74 Å². The molecule has 0 saturated heterocycles. The molecule has 0 unspecified atom stereocenters. The summed E-state index contributed by atoms with van der Waals surface area (Å²) in [5.74, 6) is -1.02. The van der Waals surface area contributed by atoms with Gasteiger partial charge in [-0.2, -0.15) is 0 Å². The van der Waals surface area contributed by atoms with E-state index in [0.717, 1.165) is 25.7 Å². The van der Waals surface area contributed by atoms with Crippen LogP contribution < -0.4 is 5.32 Å². The normalized spacial score (nSPS) is 15.9. The number of methoxy groups -OCH3 is 1. The molecular weight excluding hydrogens is 427 g/mol. The fourth-order valence-corrected chi connectivity index (χ4v) is 3.99. The van der Waals surface area contributed by atoms with E-state index in [-0.39, 0.29) is 33.8 Å². The number of pyridine rings is 1. The highest BCUT2D eigenvalue weighted by Gasteiger charge is 2.28. The third kappa shape index (κ3) is 5.31. The van der Waals surface area contributed by atoms with Crippen molar-refractivity contribution in [3.8, 4) is 11.3 Å². The lowest BCUT2D eigenvalue weighted by atomic mass is 9.94. The zero-order chi connectivity index (χ0) is 21.7. The summed E-state index contributed by atoms with van der Waals surface area (Å²) in [4.78, 5) is 28.9. The molecule has 1 aromatic carbocycles. The number of carbonyl (C=O) groups excluding carboxylic acids is 2. The number of rotatable bonds is 5. The van der Waals surface area contributed by atoms with E-state index < -0.39 is 11.6 Å². The highest BCUT2D eigenvalue weighted by Crippen LogP contribution is 2.28. The van der Waals surface area contributed by atoms with E-state index >= 15 is 0 Å². The van der Waals surface area contributed by atoms with Gasteiger partial charge in [-0.05, 0) is 37.1 Å². The van der Waals surface area contributed by atoms with Crippen molar-refractivity contribution in [3.05, 3.63) is 51.6 Å². The lowest BCUT2D eigenvalue weighted by molar-refractivity contribution is 0.0246. The van der Waals surface area contributed by atoms with E-state index in [0.29, 0.717) is 24.1 Å². The van der Waals surface area contributed by atoms with Crippen LogP contribution in [0, 0.1) is 0 Å². The Balaban J connectivity index is 1.81. The van der Waals surface area contributed by atoms with Gasteiger partial charge in [0, 0.05) is 12.1 Å². The van der Waals surface area contributed by atoms with Gasteiger partial charge in [0.05, 0.1) is 34.0 Å². The number of nitrogens with one attached hydrogen (secondary N) is 1. The van der Waals surface area contributed by atoms with Crippen molar-refractivity contribution >= 4 is 35.1 Å². The molecule has 0 radical (unpaired) electrons. The molecule has 1 aliphatic rings. The van der Waals surface area contributed by atoms with Crippen LogP contribution in [0.25, 0.3) is 11.3 Å². The van der Waals surface area contributed by atoms with Crippen LogP contribution in [0.2, 0.25) is 10.0 Å². The molecule has 2 N–H and O–H groups in total. The fourth-order valence-electron chi connectivity index (χ4n) is 3.60. The van der Waals surface area contributed by atoms with Gasteiger partial charge in [-0.3, -0.25) is 4.79 Å². The largest absolute Gasteiger partial charge is 0.464 e. The third-order valence-electron chi connectivity index (χ3n) is 5.34. The van der Waals surface area contributed by atoms with Gasteiger partial charge in [-0.15, -0.1) is 0 Å². The lowest BCUT2D eigenvalue weighted by Crippen LogP contribution is -2.42. The van der Waals surface area contributed by atoms with Crippen LogP contribution in [-0.4, -0.2) is 41.2 Å². The summed E-state index contributed by atoms with van der Waals surface area (Å²) >= 11 is 12.3. The Hall–Kier alpha value is -2.15. The Morgan fingerprint density at radius 2 is 1.77 bits per heavy atom. The molecule has 3 rings (SSSR count). The fraction of sp³-hybridized carbons (Fsp3) is 0.409. The Bertz CT molecular complexity index is 941. The molecule has 1 aromatic heterocycles. The van der Waals surface area contributed by atoms with E-state index in [1.807, 2.05) is 0 Å². The molecule has 0 atom stereocenters. The SMILES string of the molecule is COC(=O)c1nc(-c2ccc(Cl)c(C(=O)NCC3(O)CCCCCC3)c2)ccc1Cl. The number of hydrogen-bond donors (Lipinski definition) is 2. The maximum atomic E-state index is 12.8. The number of halogens is 2. The van der Waals surface area contributed by atoms with Gasteiger partial charge in [-0.1, -0.05) is 55.0 Å². The molecule has 1 saturated carbocycles. The number of benzene rings is 1. The minimum Gasteiger partial charge on any atom is -0.464 e. The molecule has 1 fully saturated rings. The summed E-state index contributed by atoms with van der Waals surface area (Å²) in [6.07, 6.45) is 5.45. The summed E-state index contributed by atoms with van der Waals surface area (Å²) in [6, 6.07) is 8.10. The molecule has 0 aliphatic heterocycles. The first-order valence-corrected chi connectivity index (χ1v) is 10.6. The van der Waals surface area contributed by atoms with E-state index in [1.54, 1.807) is 30.3 Å². The number of nitrogens with zero attached hydrogens (tertiary/aromatic N) is 1. The van der Waals surface area contributed by atoms with Gasteiger partial charge in [0.15, 0.2) is 5.69 Å². The zero-order valence-electron chi connectivity index (χ0n) is 16.7. The summed E-state index contributed by atoms with van der Waals surface area (Å²) < 4.78 is 4.70. The standard InChI is InChI=1S/C22H24Cl2N2O4/c1-30-21(28)19-17(24)8-9-18(26-19)14-6-7-16(23)15(12-14)20(27)25-13-22(29)10-4-2-3-5-11-22/h6-9,12,29H,2-5,10-11,13H2,1H3,(H,25,27). The molecule has 0 bridgehead atoms. The van der Waals surface area contributed by atoms with Crippen molar-refractivity contribution in [3.63, 3.8) is 0 Å². The Kier molecular flexibility index (Phi) is 7.34. The van der Waals surface area contributed by atoms with E-state index in [9.17, 15) is 14.7 Å². The van der Waals surface area contributed by atoms with Crippen molar-refractivity contribution in [1.82, 2.24) is 10.3 Å². The summed E-state index contributed by atoms with van der Waals surface area (Å²) in [7, 11) is 1.25. The summed E-state index contributed by atoms with van der Waals surface area (Å²) in [5, 5.41) is 14.0. The second-order valence-electron chi connectivity index (χ2n) is 7.53. The molecule has 30 heavy (non-hydrogen) atoms. The molecule has 1 amide bonds. The Morgan fingerprint density at radius 1 is 1.10 bits per heavy atom. The van der Waals surface area contributed by atoms with Gasteiger partial charge in [0.25, 0.3) is 5.91 Å². The number of amides is 1. The van der Waals surface area contributed by atoms with Gasteiger partial charge in [-0.25, -0.2) is 9.78 Å². The number of ether oxygens (including phenoxy) is 1. The number of aliphatic hydroxyl groups is 1. The number of carbonyl (C=O) groups is 2.